The average Bonchev–Trinajstić information content (AvgIpc) is 2.38. The van der Waals surface area contributed by atoms with Crippen LogP contribution in [-0.2, 0) is 4.74 Å². The average molecular weight is 285 g/mol. The van der Waals surface area contributed by atoms with Gasteiger partial charge in [-0.05, 0) is 24.3 Å². The Morgan fingerprint density at radius 1 is 1.22 bits per heavy atom. The van der Waals surface area contributed by atoms with E-state index < -0.39 is 0 Å². The number of rotatable bonds is 6. The highest BCUT2D eigenvalue weighted by Gasteiger charge is 2.01. The van der Waals surface area contributed by atoms with Crippen LogP contribution in [0, 0.1) is 0 Å². The summed E-state index contributed by atoms with van der Waals surface area (Å²) >= 11 is 11.5. The van der Waals surface area contributed by atoms with Gasteiger partial charge in [0.2, 0.25) is 0 Å². The van der Waals surface area contributed by atoms with Gasteiger partial charge in [-0.15, -0.1) is 11.6 Å². The molecule has 1 heterocycles. The lowest BCUT2D eigenvalue weighted by Crippen LogP contribution is -2.10. The molecule has 1 aromatic heterocycles. The number of anilines is 1. The zero-order chi connectivity index (χ0) is 12.8. The van der Waals surface area contributed by atoms with E-state index >= 15 is 0 Å². The second kappa shape index (κ2) is 6.78. The Labute approximate surface area is 116 Å². The molecule has 0 aliphatic heterocycles. The third kappa shape index (κ3) is 3.48. The van der Waals surface area contributed by atoms with Gasteiger partial charge in [0.15, 0.2) is 0 Å². The molecular weight excluding hydrogens is 271 g/mol. The van der Waals surface area contributed by atoms with Crippen molar-refractivity contribution >= 4 is 39.8 Å². The molecule has 0 aliphatic carbocycles. The Hall–Kier alpha value is -1.03. The highest BCUT2D eigenvalue weighted by Crippen LogP contribution is 2.23. The van der Waals surface area contributed by atoms with Gasteiger partial charge in [0.25, 0.3) is 0 Å². The molecule has 3 nitrogen and oxygen atoms in total. The van der Waals surface area contributed by atoms with Crippen molar-refractivity contribution in [2.45, 2.75) is 0 Å². The van der Waals surface area contributed by atoms with Crippen molar-refractivity contribution in [1.82, 2.24) is 4.98 Å². The first-order valence-electron chi connectivity index (χ1n) is 5.73. The predicted molar refractivity (Wildman–Crippen MR) is 76.8 cm³/mol. The highest BCUT2D eigenvalue weighted by atomic mass is 35.5. The van der Waals surface area contributed by atoms with E-state index in [2.05, 4.69) is 10.3 Å². The van der Waals surface area contributed by atoms with E-state index in [1.54, 1.807) is 6.20 Å². The molecule has 0 radical (unpaired) electrons. The van der Waals surface area contributed by atoms with Crippen molar-refractivity contribution < 1.29 is 4.74 Å². The number of nitrogens with zero attached hydrogens (tertiary/aromatic N) is 1. The number of ether oxygens (including phenoxy) is 1. The molecule has 96 valence electrons. The van der Waals surface area contributed by atoms with Crippen LogP contribution in [0.1, 0.15) is 0 Å². The van der Waals surface area contributed by atoms with Gasteiger partial charge in [0, 0.05) is 34.7 Å². The van der Waals surface area contributed by atoms with Gasteiger partial charge in [0.05, 0.1) is 18.7 Å². The summed E-state index contributed by atoms with van der Waals surface area (Å²) in [5.41, 5.74) is 1.92. The molecule has 0 aliphatic rings. The van der Waals surface area contributed by atoms with Gasteiger partial charge in [0.1, 0.15) is 0 Å². The van der Waals surface area contributed by atoms with Crippen LogP contribution >= 0.6 is 23.2 Å². The maximum absolute atomic E-state index is 5.94. The molecular formula is C13H14Cl2N2O. The Morgan fingerprint density at radius 2 is 2.11 bits per heavy atom. The van der Waals surface area contributed by atoms with Crippen molar-refractivity contribution in [3.63, 3.8) is 0 Å². The number of aromatic nitrogens is 1. The molecule has 18 heavy (non-hydrogen) atoms. The Morgan fingerprint density at radius 3 is 2.94 bits per heavy atom. The Kier molecular flexibility index (Phi) is 5.05. The van der Waals surface area contributed by atoms with E-state index in [1.165, 1.54) is 0 Å². The summed E-state index contributed by atoms with van der Waals surface area (Å²) in [7, 11) is 0. The second-order valence-corrected chi connectivity index (χ2v) is 4.56. The minimum absolute atomic E-state index is 0.524. The number of nitrogens with one attached hydrogen (secondary N) is 1. The van der Waals surface area contributed by atoms with E-state index in [0.717, 1.165) is 23.1 Å². The maximum atomic E-state index is 5.94. The summed E-state index contributed by atoms with van der Waals surface area (Å²) in [6.45, 7) is 1.94. The number of hydrogen-bond acceptors (Lipinski definition) is 3. The van der Waals surface area contributed by atoms with Gasteiger partial charge in [-0.3, -0.25) is 4.98 Å². The molecule has 0 fully saturated rings. The first-order chi connectivity index (χ1) is 8.81. The molecule has 0 spiro atoms. The fraction of sp³-hybridized carbons (Fsp3) is 0.308. The van der Waals surface area contributed by atoms with E-state index in [9.17, 15) is 0 Å². The van der Waals surface area contributed by atoms with E-state index in [1.807, 2.05) is 24.3 Å². The number of alkyl halides is 1. The van der Waals surface area contributed by atoms with Gasteiger partial charge in [-0.1, -0.05) is 11.6 Å². The molecule has 2 aromatic rings. The molecule has 0 amide bonds. The van der Waals surface area contributed by atoms with Crippen molar-refractivity contribution in [3.05, 3.63) is 35.5 Å². The third-order valence-corrected chi connectivity index (χ3v) is 2.88. The molecule has 0 atom stereocenters. The van der Waals surface area contributed by atoms with Crippen molar-refractivity contribution in [2.24, 2.45) is 0 Å². The summed E-state index contributed by atoms with van der Waals surface area (Å²) in [6, 6.07) is 7.62. The van der Waals surface area contributed by atoms with Crippen LogP contribution in [0.15, 0.2) is 30.5 Å². The van der Waals surface area contributed by atoms with Gasteiger partial charge < -0.3 is 10.1 Å². The molecule has 0 unspecified atom stereocenters. The fourth-order valence-corrected chi connectivity index (χ4v) is 1.97. The summed E-state index contributed by atoms with van der Waals surface area (Å²) in [5.74, 6) is 0.524. The quantitative estimate of drug-likeness (QED) is 0.651. The molecule has 0 bridgehead atoms. The van der Waals surface area contributed by atoms with Gasteiger partial charge in [-0.25, -0.2) is 0 Å². The molecule has 5 heteroatoms. The van der Waals surface area contributed by atoms with Crippen LogP contribution < -0.4 is 5.32 Å². The SMILES string of the molecule is ClCCOCCNc1ccnc2cc(Cl)ccc12. The van der Waals surface area contributed by atoms with Gasteiger partial charge in [-0.2, -0.15) is 0 Å². The van der Waals surface area contributed by atoms with Crippen LogP contribution in [0.5, 0.6) is 0 Å². The second-order valence-electron chi connectivity index (χ2n) is 3.75. The number of pyridine rings is 1. The standard InChI is InChI=1S/C13H14Cl2N2O/c14-4-7-18-8-6-17-12-3-5-16-13-9-10(15)1-2-11(12)13/h1-3,5,9H,4,6-8H2,(H,16,17). The zero-order valence-corrected chi connectivity index (χ0v) is 11.3. The first-order valence-corrected chi connectivity index (χ1v) is 6.64. The van der Waals surface area contributed by atoms with Crippen LogP contribution in [0.4, 0.5) is 5.69 Å². The zero-order valence-electron chi connectivity index (χ0n) is 9.83. The molecule has 0 saturated carbocycles. The summed E-state index contributed by atoms with van der Waals surface area (Å²) < 4.78 is 5.30. The van der Waals surface area contributed by atoms with Crippen LogP contribution in [0.25, 0.3) is 10.9 Å². The predicted octanol–water partition coefficient (Wildman–Crippen LogP) is 3.56. The van der Waals surface area contributed by atoms with Crippen LogP contribution in [0.2, 0.25) is 5.02 Å². The van der Waals surface area contributed by atoms with E-state index in [0.29, 0.717) is 24.1 Å². The lowest BCUT2D eigenvalue weighted by Gasteiger charge is -2.09. The normalized spacial score (nSPS) is 10.8. The summed E-state index contributed by atoms with van der Waals surface area (Å²) in [5, 5.41) is 5.06. The lowest BCUT2D eigenvalue weighted by molar-refractivity contribution is 0.160. The molecule has 0 saturated heterocycles. The number of halogens is 2. The van der Waals surface area contributed by atoms with E-state index in [4.69, 9.17) is 27.9 Å². The van der Waals surface area contributed by atoms with Gasteiger partial charge >= 0.3 is 0 Å². The largest absolute Gasteiger partial charge is 0.382 e. The number of benzene rings is 1. The van der Waals surface area contributed by atoms with Crippen molar-refractivity contribution in [2.75, 3.05) is 31.0 Å². The molecule has 2 rings (SSSR count). The number of fused-ring (bicyclic) bond motifs is 1. The molecule has 1 aromatic carbocycles. The smallest absolute Gasteiger partial charge is 0.0737 e. The number of hydrogen-bond donors (Lipinski definition) is 1. The van der Waals surface area contributed by atoms with Crippen LogP contribution in [0.3, 0.4) is 0 Å². The maximum Gasteiger partial charge on any atom is 0.0737 e. The summed E-state index contributed by atoms with van der Waals surface area (Å²) in [6.07, 6.45) is 1.76. The topological polar surface area (TPSA) is 34.1 Å². The minimum atomic E-state index is 0.524. The first kappa shape index (κ1) is 13.4. The van der Waals surface area contributed by atoms with E-state index in [-0.39, 0.29) is 0 Å². The molecule has 1 N–H and O–H groups in total. The third-order valence-electron chi connectivity index (χ3n) is 2.49. The Bertz CT molecular complexity index is 519. The fourth-order valence-electron chi connectivity index (χ4n) is 1.69. The minimum Gasteiger partial charge on any atom is -0.382 e. The monoisotopic (exact) mass is 284 g/mol. The Balaban J connectivity index is 2.04. The van der Waals surface area contributed by atoms with Crippen LogP contribution in [-0.4, -0.2) is 30.6 Å². The van der Waals surface area contributed by atoms with Crippen molar-refractivity contribution in [1.29, 1.82) is 0 Å². The summed E-state index contributed by atoms with van der Waals surface area (Å²) in [4.78, 5) is 4.29. The lowest BCUT2D eigenvalue weighted by atomic mass is 10.2. The highest BCUT2D eigenvalue weighted by molar-refractivity contribution is 6.31. The van der Waals surface area contributed by atoms with Crippen molar-refractivity contribution in [3.8, 4) is 0 Å².